The molecule has 0 spiro atoms. The number of rotatable bonds is 6. The van der Waals surface area contributed by atoms with Gasteiger partial charge in [-0.25, -0.2) is 0 Å². The van der Waals surface area contributed by atoms with E-state index in [2.05, 4.69) is 5.32 Å². The summed E-state index contributed by atoms with van der Waals surface area (Å²) in [5.41, 5.74) is 0.691. The van der Waals surface area contributed by atoms with E-state index in [1.807, 2.05) is 24.3 Å². The standard InChI is InChI=1S/C22H28N2O4/c25-20(13-14-24-21(26)18-7-3-4-8-19(18)22(24)27)23-15-9-11-17(12-10-15)28-16-5-1-2-6-16/h9-12,16,18-19H,1-8,13-14H2,(H,23,25). The minimum absolute atomic E-state index is 0.0871. The van der Waals surface area contributed by atoms with Crippen LogP contribution in [0.5, 0.6) is 5.75 Å². The van der Waals surface area contributed by atoms with Gasteiger partial charge in [-0.3, -0.25) is 19.3 Å². The van der Waals surface area contributed by atoms with E-state index in [4.69, 9.17) is 4.74 Å². The molecule has 1 saturated heterocycles. The predicted molar refractivity (Wildman–Crippen MR) is 105 cm³/mol. The predicted octanol–water partition coefficient (Wildman–Crippen LogP) is 3.51. The molecule has 0 radical (unpaired) electrons. The van der Waals surface area contributed by atoms with Crippen LogP contribution in [0.15, 0.2) is 24.3 Å². The maximum Gasteiger partial charge on any atom is 0.233 e. The summed E-state index contributed by atoms with van der Waals surface area (Å²) >= 11 is 0. The van der Waals surface area contributed by atoms with Crippen LogP contribution in [-0.2, 0) is 14.4 Å². The Morgan fingerprint density at radius 3 is 2.11 bits per heavy atom. The van der Waals surface area contributed by atoms with Crippen LogP contribution in [0.4, 0.5) is 5.69 Å². The summed E-state index contributed by atoms with van der Waals surface area (Å²) < 4.78 is 5.93. The molecular weight excluding hydrogens is 356 g/mol. The van der Waals surface area contributed by atoms with Gasteiger partial charge in [0.05, 0.1) is 17.9 Å². The van der Waals surface area contributed by atoms with Crippen molar-refractivity contribution < 1.29 is 19.1 Å². The highest BCUT2D eigenvalue weighted by molar-refractivity contribution is 6.05. The van der Waals surface area contributed by atoms with Gasteiger partial charge in [0.25, 0.3) is 0 Å². The summed E-state index contributed by atoms with van der Waals surface area (Å²) in [7, 11) is 0. The van der Waals surface area contributed by atoms with Crippen LogP contribution in [0.2, 0.25) is 0 Å². The lowest BCUT2D eigenvalue weighted by Crippen LogP contribution is -2.34. The van der Waals surface area contributed by atoms with Gasteiger partial charge >= 0.3 is 0 Å². The minimum Gasteiger partial charge on any atom is -0.490 e. The van der Waals surface area contributed by atoms with Crippen molar-refractivity contribution >= 4 is 23.4 Å². The lowest BCUT2D eigenvalue weighted by atomic mass is 9.81. The third kappa shape index (κ3) is 4.05. The van der Waals surface area contributed by atoms with E-state index < -0.39 is 0 Å². The topological polar surface area (TPSA) is 75.7 Å². The van der Waals surface area contributed by atoms with Crippen molar-refractivity contribution in [3.8, 4) is 5.75 Å². The molecule has 0 bridgehead atoms. The normalized spacial score (nSPS) is 25.1. The number of nitrogens with one attached hydrogen (secondary N) is 1. The maximum absolute atomic E-state index is 12.5. The van der Waals surface area contributed by atoms with Gasteiger partial charge in [-0.05, 0) is 62.8 Å². The molecule has 3 amide bonds. The smallest absolute Gasteiger partial charge is 0.233 e. The zero-order valence-corrected chi connectivity index (χ0v) is 16.2. The van der Waals surface area contributed by atoms with Gasteiger partial charge < -0.3 is 10.1 Å². The highest BCUT2D eigenvalue weighted by atomic mass is 16.5. The first-order valence-corrected chi connectivity index (χ1v) is 10.5. The summed E-state index contributed by atoms with van der Waals surface area (Å²) in [5, 5.41) is 2.84. The van der Waals surface area contributed by atoms with Gasteiger partial charge in [0, 0.05) is 18.7 Å². The van der Waals surface area contributed by atoms with Gasteiger partial charge in [-0.15, -0.1) is 0 Å². The second-order valence-corrected chi connectivity index (χ2v) is 8.17. The average molecular weight is 384 g/mol. The van der Waals surface area contributed by atoms with Crippen LogP contribution >= 0.6 is 0 Å². The van der Waals surface area contributed by atoms with Crippen molar-refractivity contribution in [2.24, 2.45) is 11.8 Å². The molecule has 150 valence electrons. The van der Waals surface area contributed by atoms with Crippen molar-refractivity contribution in [1.82, 2.24) is 4.90 Å². The van der Waals surface area contributed by atoms with Crippen molar-refractivity contribution in [3.63, 3.8) is 0 Å². The monoisotopic (exact) mass is 384 g/mol. The fraction of sp³-hybridized carbons (Fsp3) is 0.591. The Morgan fingerprint density at radius 1 is 0.929 bits per heavy atom. The van der Waals surface area contributed by atoms with Crippen LogP contribution in [0, 0.1) is 11.8 Å². The third-order valence-corrected chi connectivity index (χ3v) is 6.24. The first-order chi connectivity index (χ1) is 13.6. The molecule has 2 unspecified atom stereocenters. The third-order valence-electron chi connectivity index (χ3n) is 6.24. The fourth-order valence-electron chi connectivity index (χ4n) is 4.70. The number of ether oxygens (including phenoxy) is 1. The molecule has 6 nitrogen and oxygen atoms in total. The quantitative estimate of drug-likeness (QED) is 0.762. The first kappa shape index (κ1) is 19.0. The van der Waals surface area contributed by atoms with Gasteiger partial charge in [-0.1, -0.05) is 12.8 Å². The molecule has 2 atom stereocenters. The molecule has 4 rings (SSSR count). The van der Waals surface area contributed by atoms with Crippen molar-refractivity contribution in [3.05, 3.63) is 24.3 Å². The number of fused-ring (bicyclic) bond motifs is 1. The Morgan fingerprint density at radius 2 is 1.50 bits per heavy atom. The number of hydrogen-bond donors (Lipinski definition) is 1. The van der Waals surface area contributed by atoms with Crippen molar-refractivity contribution in [2.75, 3.05) is 11.9 Å². The van der Waals surface area contributed by atoms with Crippen LogP contribution in [-0.4, -0.2) is 35.3 Å². The zero-order valence-electron chi connectivity index (χ0n) is 16.2. The molecule has 1 N–H and O–H groups in total. The Labute approximate surface area is 165 Å². The number of carbonyl (C=O) groups excluding carboxylic acids is 3. The highest BCUT2D eigenvalue weighted by Gasteiger charge is 2.47. The van der Waals surface area contributed by atoms with Crippen LogP contribution in [0.25, 0.3) is 0 Å². The molecule has 2 saturated carbocycles. The average Bonchev–Trinajstić information content (AvgIpc) is 3.30. The summed E-state index contributed by atoms with van der Waals surface area (Å²) in [6.45, 7) is 0.166. The van der Waals surface area contributed by atoms with E-state index in [-0.39, 0.29) is 42.5 Å². The highest BCUT2D eigenvalue weighted by Crippen LogP contribution is 2.38. The molecule has 6 heteroatoms. The number of imide groups is 1. The second-order valence-electron chi connectivity index (χ2n) is 8.17. The second kappa shape index (κ2) is 8.33. The van der Waals surface area contributed by atoms with E-state index in [1.54, 1.807) is 0 Å². The Hall–Kier alpha value is -2.37. The maximum atomic E-state index is 12.5. The fourth-order valence-corrected chi connectivity index (χ4v) is 4.70. The van der Waals surface area contributed by atoms with E-state index in [0.29, 0.717) is 11.8 Å². The van der Waals surface area contributed by atoms with Gasteiger partial charge in [0.1, 0.15) is 5.75 Å². The molecule has 2 aliphatic carbocycles. The Bertz CT molecular complexity index is 715. The minimum atomic E-state index is -0.195. The Balaban J connectivity index is 1.26. The molecule has 1 aliphatic heterocycles. The molecule has 1 aromatic rings. The molecular formula is C22H28N2O4. The molecule has 1 aromatic carbocycles. The largest absolute Gasteiger partial charge is 0.490 e. The van der Waals surface area contributed by atoms with Crippen LogP contribution < -0.4 is 10.1 Å². The number of likely N-dealkylation sites (tertiary alicyclic amines) is 1. The lowest BCUT2D eigenvalue weighted by molar-refractivity contribution is -0.140. The van der Waals surface area contributed by atoms with Gasteiger partial charge in [0.15, 0.2) is 0 Å². The molecule has 1 heterocycles. The summed E-state index contributed by atoms with van der Waals surface area (Å²) in [6.07, 6.45) is 8.70. The number of carbonyl (C=O) groups is 3. The van der Waals surface area contributed by atoms with Crippen LogP contribution in [0.1, 0.15) is 57.8 Å². The SMILES string of the molecule is O=C(CCN1C(=O)C2CCCCC2C1=O)Nc1ccc(OC2CCCC2)cc1. The summed E-state index contributed by atoms with van der Waals surface area (Å²) in [4.78, 5) is 38.5. The van der Waals surface area contributed by atoms with Crippen molar-refractivity contribution in [2.45, 2.75) is 63.9 Å². The number of amides is 3. The number of hydrogen-bond acceptors (Lipinski definition) is 4. The first-order valence-electron chi connectivity index (χ1n) is 10.5. The summed E-state index contributed by atoms with van der Waals surface area (Å²) in [6, 6.07) is 7.38. The number of benzene rings is 1. The lowest BCUT2D eigenvalue weighted by Gasteiger charge is -2.19. The van der Waals surface area contributed by atoms with E-state index in [0.717, 1.165) is 44.3 Å². The number of nitrogens with zero attached hydrogens (tertiary/aromatic N) is 1. The zero-order chi connectivity index (χ0) is 19.5. The number of anilines is 1. The Kier molecular flexibility index (Phi) is 5.64. The van der Waals surface area contributed by atoms with Gasteiger partial charge in [0.2, 0.25) is 17.7 Å². The molecule has 3 fully saturated rings. The van der Waals surface area contributed by atoms with Gasteiger partial charge in [-0.2, -0.15) is 0 Å². The molecule has 28 heavy (non-hydrogen) atoms. The van der Waals surface area contributed by atoms with Crippen molar-refractivity contribution in [1.29, 1.82) is 0 Å². The van der Waals surface area contributed by atoms with E-state index in [1.165, 1.54) is 17.7 Å². The molecule has 3 aliphatic rings. The van der Waals surface area contributed by atoms with Crippen LogP contribution in [0.3, 0.4) is 0 Å². The van der Waals surface area contributed by atoms with E-state index in [9.17, 15) is 14.4 Å². The van der Waals surface area contributed by atoms with E-state index >= 15 is 0 Å². The molecule has 0 aromatic heterocycles. The summed E-state index contributed by atoms with van der Waals surface area (Å²) in [5.74, 6) is 0.140.